The number of thiol groups is 2. The minimum atomic E-state index is -2.03. The van der Waals surface area contributed by atoms with Crippen LogP contribution in [0.1, 0.15) is 0 Å². The molecule has 0 spiro atoms. The first-order chi connectivity index (χ1) is 19.6. The number of nitrogens with zero attached hydrogens (tertiary/aromatic N) is 6. The SMILES string of the molecule is S=C([S-])N(C1NCCS1)N(C(=S)S)N1CCOCC1.S=C([S-])N(C1NCCS1)N(C(=S)S)N1CCOCC1.[O]=[Mo+2]=[O]. The monoisotopic (exact) mass is 840 g/mol. The van der Waals surface area contributed by atoms with E-state index in [1.165, 1.54) is 0 Å². The van der Waals surface area contributed by atoms with Gasteiger partial charge in [-0.25, -0.2) is 0 Å². The van der Waals surface area contributed by atoms with Gasteiger partial charge in [0.05, 0.1) is 26.4 Å². The van der Waals surface area contributed by atoms with Crippen molar-refractivity contribution in [2.24, 2.45) is 0 Å². The summed E-state index contributed by atoms with van der Waals surface area (Å²) < 4.78 is 29.3. The van der Waals surface area contributed by atoms with Gasteiger partial charge in [-0.2, -0.15) is 20.3 Å². The molecule has 4 aliphatic rings. The summed E-state index contributed by atoms with van der Waals surface area (Å²) in [5, 5.41) is 18.1. The van der Waals surface area contributed by atoms with Crippen LogP contribution in [0.3, 0.4) is 0 Å². The molecule has 23 heteroatoms. The normalized spacial score (nSPS) is 22.6. The van der Waals surface area contributed by atoms with Crippen LogP contribution in [0.5, 0.6) is 0 Å². The molecule has 4 aliphatic heterocycles. The Hall–Kier alpha value is 1.45. The van der Waals surface area contributed by atoms with E-state index in [2.05, 4.69) is 45.9 Å². The Kier molecular flexibility index (Phi) is 20.1. The van der Waals surface area contributed by atoms with Gasteiger partial charge in [-0.15, -0.1) is 48.8 Å². The van der Waals surface area contributed by atoms with Crippen LogP contribution < -0.4 is 10.6 Å². The predicted molar refractivity (Wildman–Crippen MR) is 185 cm³/mol. The van der Waals surface area contributed by atoms with Gasteiger partial charge in [0.25, 0.3) is 0 Å². The molecule has 4 rings (SSSR count). The molecule has 2 unspecified atom stereocenters. The quantitative estimate of drug-likeness (QED) is 0.105. The molecule has 0 amide bonds. The maximum absolute atomic E-state index is 8.50. The molecule has 41 heavy (non-hydrogen) atoms. The van der Waals surface area contributed by atoms with Crippen LogP contribution in [0, 0.1) is 0 Å². The van der Waals surface area contributed by atoms with Crippen molar-refractivity contribution in [3.8, 4) is 0 Å². The van der Waals surface area contributed by atoms with Gasteiger partial charge in [-0.1, -0.05) is 0 Å². The maximum atomic E-state index is 8.50. The molecule has 4 heterocycles. The molecule has 0 radical (unpaired) electrons. The van der Waals surface area contributed by atoms with E-state index in [4.69, 9.17) is 90.4 Å². The molecule has 0 bridgehead atoms. The van der Waals surface area contributed by atoms with Gasteiger partial charge in [-0.3, -0.25) is 20.7 Å². The molecule has 0 aromatic rings. The van der Waals surface area contributed by atoms with Gasteiger partial charge in [0.15, 0.2) is 8.64 Å². The van der Waals surface area contributed by atoms with Crippen molar-refractivity contribution in [1.82, 2.24) is 40.9 Å². The van der Waals surface area contributed by atoms with Gasteiger partial charge in [-0.05, 0) is 33.1 Å². The van der Waals surface area contributed by atoms with Crippen molar-refractivity contribution in [3.05, 3.63) is 0 Å². The summed E-state index contributed by atoms with van der Waals surface area (Å²) in [7, 11) is 0. The van der Waals surface area contributed by atoms with Crippen LogP contribution in [0.4, 0.5) is 0 Å². The zero-order chi connectivity index (χ0) is 30.4. The Morgan fingerprint density at radius 2 is 1.07 bits per heavy atom. The van der Waals surface area contributed by atoms with Crippen molar-refractivity contribution in [2.45, 2.75) is 11.0 Å². The Bertz CT molecular complexity index is 852. The van der Waals surface area contributed by atoms with Gasteiger partial charge >= 0.3 is 25.3 Å². The van der Waals surface area contributed by atoms with E-state index in [-0.39, 0.29) is 11.0 Å². The standard InChI is InChI=1S/2C9H16N4OS5.Mo.2O/c2*15-8(16)12(7-10-1-6-19-7)13(9(17)18)11-2-4-14-5-3-11;;;/h2*7,10H,1-6H2,(H,15,16)(H,17,18);;;/q;;+2;;/p-2. The Morgan fingerprint density at radius 3 is 1.29 bits per heavy atom. The molecule has 0 saturated carbocycles. The van der Waals surface area contributed by atoms with E-state index in [0.717, 1.165) is 50.8 Å². The number of thioether (sulfide) groups is 2. The zero-order valence-electron chi connectivity index (χ0n) is 21.5. The molecular weight excluding hydrogens is 809 g/mol. The molecule has 12 nitrogen and oxygen atoms in total. The molecule has 232 valence electrons. The summed E-state index contributed by atoms with van der Waals surface area (Å²) in [6, 6.07) is 0. The van der Waals surface area contributed by atoms with Crippen LogP contribution in [-0.2, 0) is 60.0 Å². The summed E-state index contributed by atoms with van der Waals surface area (Å²) >= 11 is 41.5. The van der Waals surface area contributed by atoms with Crippen LogP contribution in [0.2, 0.25) is 0 Å². The third-order valence-corrected chi connectivity index (χ3v) is 9.15. The second-order valence-electron chi connectivity index (χ2n) is 7.92. The molecule has 2 N–H and O–H groups in total. The van der Waals surface area contributed by atoms with Gasteiger partial charge < -0.3 is 59.2 Å². The van der Waals surface area contributed by atoms with Gasteiger partial charge in [0.1, 0.15) is 11.0 Å². The van der Waals surface area contributed by atoms with Crippen molar-refractivity contribution in [3.63, 3.8) is 0 Å². The van der Waals surface area contributed by atoms with Crippen molar-refractivity contribution in [2.75, 3.05) is 77.2 Å². The Balaban J connectivity index is 0.000000262. The summed E-state index contributed by atoms with van der Waals surface area (Å²) in [4.78, 5) is 0. The molecule has 4 fully saturated rings. The zero-order valence-corrected chi connectivity index (χ0v) is 31.9. The summed E-state index contributed by atoms with van der Waals surface area (Å²) in [5.41, 5.74) is 0.0240. The number of rotatable bonds is 4. The van der Waals surface area contributed by atoms with Crippen molar-refractivity contribution >= 4 is 140 Å². The van der Waals surface area contributed by atoms with Crippen molar-refractivity contribution < 1.29 is 34.8 Å². The Morgan fingerprint density at radius 1 is 0.756 bits per heavy atom. The van der Waals surface area contributed by atoms with Crippen LogP contribution in [0.25, 0.3) is 0 Å². The van der Waals surface area contributed by atoms with Crippen LogP contribution in [-0.4, -0.2) is 136 Å². The van der Waals surface area contributed by atoms with E-state index in [1.54, 1.807) is 33.8 Å². The fraction of sp³-hybridized carbons (Fsp3) is 0.778. The van der Waals surface area contributed by atoms with E-state index >= 15 is 0 Å². The first kappa shape index (κ1) is 38.6. The number of ether oxygens (including phenoxy) is 2. The van der Waals surface area contributed by atoms with Crippen LogP contribution >= 0.6 is 97.7 Å². The minimum absolute atomic E-state index is 0.0120. The van der Waals surface area contributed by atoms with Gasteiger partial charge in [0.2, 0.25) is 0 Å². The average molecular weight is 839 g/mol. The second-order valence-corrected chi connectivity index (χ2v) is 14.9. The van der Waals surface area contributed by atoms with Gasteiger partial charge in [0, 0.05) is 50.8 Å². The predicted octanol–water partition coefficient (Wildman–Crippen LogP) is 0.598. The number of hydrogen-bond donors (Lipinski definition) is 4. The third-order valence-electron chi connectivity index (χ3n) is 5.47. The number of thiocarbonyl (C=S) groups is 4. The van der Waals surface area contributed by atoms with Crippen molar-refractivity contribution in [1.29, 1.82) is 0 Å². The number of morpholine rings is 2. The molecule has 0 aromatic heterocycles. The third kappa shape index (κ3) is 12.6. The fourth-order valence-electron chi connectivity index (χ4n) is 3.87. The summed E-state index contributed by atoms with van der Waals surface area (Å²) in [5.74, 6) is 2.05. The first-order valence-electron chi connectivity index (χ1n) is 12.0. The van der Waals surface area contributed by atoms with E-state index in [0.29, 0.717) is 43.7 Å². The summed E-state index contributed by atoms with van der Waals surface area (Å²) in [6.07, 6.45) is 0. The second kappa shape index (κ2) is 21.3. The molecule has 0 aliphatic carbocycles. The first-order valence-corrected chi connectivity index (χ1v) is 19.0. The van der Waals surface area contributed by atoms with E-state index in [9.17, 15) is 0 Å². The van der Waals surface area contributed by atoms with Crippen LogP contribution in [0.15, 0.2) is 0 Å². The number of hydrazine groups is 4. The Labute approximate surface area is 301 Å². The summed E-state index contributed by atoms with van der Waals surface area (Å²) in [6.45, 7) is 7.48. The number of nitrogens with one attached hydrogen (secondary N) is 2. The molecule has 4 saturated heterocycles. The van der Waals surface area contributed by atoms with E-state index < -0.39 is 18.5 Å². The van der Waals surface area contributed by atoms with E-state index in [1.807, 2.05) is 10.0 Å². The average Bonchev–Trinajstić information content (AvgIpc) is 3.66. The molecule has 2 atom stereocenters. The molecular formula is C18H30MoN8O4S10. The topological polar surface area (TPSA) is 96.1 Å². The molecule has 0 aromatic carbocycles. The number of hydrogen-bond acceptors (Lipinski definition) is 16. The fourth-order valence-corrected chi connectivity index (χ4v) is 7.78.